The van der Waals surface area contributed by atoms with E-state index in [0.717, 1.165) is 42.9 Å². The van der Waals surface area contributed by atoms with Gasteiger partial charge >= 0.3 is 440 Å². The molecule has 0 radical (unpaired) electrons. The van der Waals surface area contributed by atoms with Gasteiger partial charge in [-0.1, -0.05) is 0 Å². The summed E-state index contributed by atoms with van der Waals surface area (Å²) < 4.78 is 12.2. The van der Waals surface area contributed by atoms with E-state index in [4.69, 9.17) is 4.74 Å². The standard InChI is InChI=1S/C67H60BN3OSe/c1-66(2,3)44-36-50(42-20-9-7-10-21-42)65(51(37-44)43-22-11-8-12-23-43)71-58-40-46(69-54-26-14-13-24-48(54)49-25-19-29-55(49)69)32-34-52(58)68-53-35-33-47(41-62(53)73-63-39-45(67(4,5)6)38-59(71)64(63)68)70-56-27-15-17-30-60(56)72-61-31-18-16-28-57(61)70/h7-15,17,20-24,26-27,30,32-41H,16,18-19,25,28-29,31H2,1-6H3. The number of nitrogens with zero attached hydrogens (tertiary/aromatic N) is 3. The fourth-order valence-corrected chi connectivity index (χ4v) is 15.4. The number of hydrogen-bond acceptors (Lipinski definition) is 3. The van der Waals surface area contributed by atoms with Crippen LogP contribution in [-0.2, 0) is 23.7 Å². The van der Waals surface area contributed by atoms with Crippen molar-refractivity contribution in [3.05, 3.63) is 204 Å². The van der Waals surface area contributed by atoms with Crippen molar-refractivity contribution in [2.75, 3.05) is 9.80 Å². The fraction of sp³-hybridized carbons (Fsp3) is 0.224. The zero-order chi connectivity index (χ0) is 49.3. The van der Waals surface area contributed by atoms with Crippen molar-refractivity contribution < 1.29 is 4.74 Å². The minimum atomic E-state index is -0.0976. The van der Waals surface area contributed by atoms with Gasteiger partial charge in [0.25, 0.3) is 0 Å². The molecule has 0 bridgehead atoms. The second kappa shape index (κ2) is 16.8. The SMILES string of the molecule is CC(C)(C)c1cc(-c2ccccc2)c(N2c3cc(-n4c5c(c6ccccc64)CCC5)ccc3B3c4ccc(N5C6=C(CCCC6)Oc6ccccc65)cc4[Se]c4cc(C(C)(C)C)cc2c43)c(-c2ccccc2)c1. The molecular weight excluding hydrogens is 953 g/mol. The third-order valence-corrected chi connectivity index (χ3v) is 18.8. The maximum atomic E-state index is 6.65. The van der Waals surface area contributed by atoms with Gasteiger partial charge < -0.3 is 0 Å². The molecule has 0 atom stereocenters. The molecule has 0 saturated heterocycles. The second-order valence-corrected chi connectivity index (χ2v) is 25.3. The molecule has 6 heteroatoms. The molecule has 4 nitrogen and oxygen atoms in total. The Labute approximate surface area is 437 Å². The Morgan fingerprint density at radius 2 is 1.16 bits per heavy atom. The van der Waals surface area contributed by atoms with Gasteiger partial charge in [0.2, 0.25) is 0 Å². The maximum absolute atomic E-state index is 6.65. The number of para-hydroxylation sites is 3. The molecule has 0 saturated carbocycles. The monoisotopic (exact) mass is 1010 g/mol. The Kier molecular flexibility index (Phi) is 10.3. The number of fused-ring (bicyclic) bond motifs is 8. The molecule has 4 heterocycles. The predicted molar refractivity (Wildman–Crippen MR) is 309 cm³/mol. The topological polar surface area (TPSA) is 20.6 Å². The van der Waals surface area contributed by atoms with Crippen molar-refractivity contribution in [1.29, 1.82) is 0 Å². The fourth-order valence-electron chi connectivity index (χ4n) is 12.8. The molecule has 9 aromatic rings. The number of rotatable bonds is 5. The van der Waals surface area contributed by atoms with Gasteiger partial charge in [-0.2, -0.15) is 0 Å². The van der Waals surface area contributed by atoms with Crippen LogP contribution in [0, 0.1) is 0 Å². The Morgan fingerprint density at radius 1 is 0.507 bits per heavy atom. The first-order valence-electron chi connectivity index (χ1n) is 26.6. The van der Waals surface area contributed by atoms with E-state index in [0.29, 0.717) is 0 Å². The van der Waals surface area contributed by atoms with Crippen molar-refractivity contribution in [3.63, 3.8) is 0 Å². The molecule has 358 valence electrons. The van der Waals surface area contributed by atoms with Gasteiger partial charge in [-0.15, -0.1) is 0 Å². The summed E-state index contributed by atoms with van der Waals surface area (Å²) >= 11 is 0.0249. The molecule has 5 aliphatic rings. The zero-order valence-electron chi connectivity index (χ0n) is 42.9. The minimum absolute atomic E-state index is 0.0249. The zero-order valence-corrected chi connectivity index (χ0v) is 44.6. The summed E-state index contributed by atoms with van der Waals surface area (Å²) in [5, 5.41) is 1.39. The van der Waals surface area contributed by atoms with Gasteiger partial charge in [-0.05, 0) is 0 Å². The summed E-state index contributed by atoms with van der Waals surface area (Å²) in [7, 11) is 0. The van der Waals surface area contributed by atoms with Crippen LogP contribution in [0.1, 0.15) is 96.0 Å². The summed E-state index contributed by atoms with van der Waals surface area (Å²) in [6.45, 7) is 14.3. The summed E-state index contributed by atoms with van der Waals surface area (Å²) in [4.78, 5) is 5.28. The van der Waals surface area contributed by atoms with E-state index in [1.54, 1.807) is 0 Å². The number of allylic oxidation sites excluding steroid dienone is 2. The molecule has 0 amide bonds. The Bertz CT molecular complexity index is 3700. The van der Waals surface area contributed by atoms with Crippen LogP contribution in [0.5, 0.6) is 5.75 Å². The van der Waals surface area contributed by atoms with Crippen molar-refractivity contribution >= 4 is 86.3 Å². The van der Waals surface area contributed by atoms with Crippen LogP contribution in [0.15, 0.2) is 181 Å². The van der Waals surface area contributed by atoms with Crippen LogP contribution < -0.4 is 39.8 Å². The molecule has 0 fully saturated rings. The first-order chi connectivity index (χ1) is 35.5. The second-order valence-electron chi connectivity index (χ2n) is 23.0. The van der Waals surface area contributed by atoms with E-state index >= 15 is 0 Å². The van der Waals surface area contributed by atoms with Crippen LogP contribution >= 0.6 is 0 Å². The average Bonchev–Trinajstić information content (AvgIpc) is 4.01. The van der Waals surface area contributed by atoms with Crippen molar-refractivity contribution in [2.24, 2.45) is 0 Å². The third-order valence-electron chi connectivity index (χ3n) is 16.4. The number of aromatic nitrogens is 1. The van der Waals surface area contributed by atoms with E-state index in [1.165, 1.54) is 134 Å². The number of benzene rings is 8. The van der Waals surface area contributed by atoms with Crippen LogP contribution in [0.25, 0.3) is 38.8 Å². The first-order valence-corrected chi connectivity index (χ1v) is 28.3. The van der Waals surface area contributed by atoms with E-state index in [-0.39, 0.29) is 32.5 Å². The van der Waals surface area contributed by atoms with Crippen LogP contribution in [0.3, 0.4) is 0 Å². The molecular formula is C67H60BN3OSe. The summed E-state index contributed by atoms with van der Waals surface area (Å²) in [5.74, 6) is 2.09. The van der Waals surface area contributed by atoms with Gasteiger partial charge in [-0.25, -0.2) is 0 Å². The summed E-state index contributed by atoms with van der Waals surface area (Å²) in [6, 6.07) is 65.4. The van der Waals surface area contributed by atoms with Crippen LogP contribution in [0.4, 0.5) is 28.4 Å². The number of anilines is 5. The molecule has 1 aromatic heterocycles. The normalized spacial score (nSPS) is 15.6. The van der Waals surface area contributed by atoms with Crippen LogP contribution in [-0.4, -0.2) is 26.2 Å². The van der Waals surface area contributed by atoms with E-state index in [1.807, 2.05) is 0 Å². The molecule has 0 spiro atoms. The predicted octanol–water partition coefficient (Wildman–Crippen LogP) is 13.6. The summed E-state index contributed by atoms with van der Waals surface area (Å²) in [6.07, 6.45) is 7.76. The molecule has 73 heavy (non-hydrogen) atoms. The molecule has 0 N–H and O–H groups in total. The van der Waals surface area contributed by atoms with Crippen LogP contribution in [0.2, 0.25) is 0 Å². The van der Waals surface area contributed by atoms with Gasteiger partial charge in [0.15, 0.2) is 0 Å². The number of ether oxygens (including phenoxy) is 1. The molecule has 3 aliphatic heterocycles. The van der Waals surface area contributed by atoms with Gasteiger partial charge in [0.05, 0.1) is 0 Å². The Morgan fingerprint density at radius 3 is 1.92 bits per heavy atom. The molecule has 8 aromatic carbocycles. The average molecular weight is 1010 g/mol. The quantitative estimate of drug-likeness (QED) is 0.160. The van der Waals surface area contributed by atoms with E-state index < -0.39 is 0 Å². The number of hydrogen-bond donors (Lipinski definition) is 0. The van der Waals surface area contributed by atoms with Gasteiger partial charge in [-0.3, -0.25) is 0 Å². The third kappa shape index (κ3) is 7.15. The van der Waals surface area contributed by atoms with Gasteiger partial charge in [0, 0.05) is 0 Å². The van der Waals surface area contributed by atoms with E-state index in [2.05, 4.69) is 226 Å². The molecule has 14 rings (SSSR count). The summed E-state index contributed by atoms with van der Waals surface area (Å²) in [5.41, 5.74) is 24.7. The first kappa shape index (κ1) is 44.7. The van der Waals surface area contributed by atoms with Gasteiger partial charge in [0.1, 0.15) is 0 Å². The number of aryl methyl sites for hydroxylation is 1. The van der Waals surface area contributed by atoms with Crippen molar-refractivity contribution in [3.8, 4) is 33.7 Å². The molecule has 0 unspecified atom stereocenters. The Hall–Kier alpha value is -6.98. The Balaban J connectivity index is 1.07. The van der Waals surface area contributed by atoms with Crippen molar-refractivity contribution in [1.82, 2.24) is 4.57 Å². The van der Waals surface area contributed by atoms with Crippen molar-refractivity contribution in [2.45, 2.75) is 97.3 Å². The molecule has 2 aliphatic carbocycles. The van der Waals surface area contributed by atoms with E-state index in [9.17, 15) is 0 Å².